The van der Waals surface area contributed by atoms with E-state index >= 15 is 0 Å². The lowest BCUT2D eigenvalue weighted by atomic mass is 10.1. The molecule has 22 heavy (non-hydrogen) atoms. The van der Waals surface area contributed by atoms with Crippen molar-refractivity contribution in [2.24, 2.45) is 9.98 Å². The van der Waals surface area contributed by atoms with Gasteiger partial charge < -0.3 is 11.5 Å². The van der Waals surface area contributed by atoms with Crippen molar-refractivity contribution in [2.45, 2.75) is 13.8 Å². The van der Waals surface area contributed by atoms with Gasteiger partial charge in [0.25, 0.3) is 0 Å². The molecule has 0 aliphatic heterocycles. The first-order valence-corrected chi connectivity index (χ1v) is 6.37. The van der Waals surface area contributed by atoms with Gasteiger partial charge in [0, 0.05) is 0 Å². The molecule has 0 saturated heterocycles. The molecule has 0 heterocycles. The SMILES string of the molecule is Cc1cc(N=C=O)c(N=C=O)c(N)c1N.Cc1ccccc1. The first-order valence-electron chi connectivity index (χ1n) is 6.37. The highest BCUT2D eigenvalue weighted by molar-refractivity contribution is 5.89. The van der Waals surface area contributed by atoms with Gasteiger partial charge in [-0.05, 0) is 25.5 Å². The summed E-state index contributed by atoms with van der Waals surface area (Å²) in [5.41, 5.74) is 13.8. The largest absolute Gasteiger partial charge is 0.397 e. The minimum absolute atomic E-state index is 0.0384. The molecular weight excluding hydrogens is 280 g/mol. The summed E-state index contributed by atoms with van der Waals surface area (Å²) in [4.78, 5) is 27.0. The Morgan fingerprint density at radius 1 is 0.909 bits per heavy atom. The number of rotatable bonds is 2. The molecule has 0 amide bonds. The van der Waals surface area contributed by atoms with Crippen LogP contribution < -0.4 is 11.5 Å². The summed E-state index contributed by atoms with van der Waals surface area (Å²) in [7, 11) is 0. The van der Waals surface area contributed by atoms with Gasteiger partial charge in [-0.3, -0.25) is 0 Å². The van der Waals surface area contributed by atoms with E-state index in [0.29, 0.717) is 11.3 Å². The number of aliphatic imine (C=N–C) groups is 2. The minimum Gasteiger partial charge on any atom is -0.397 e. The first kappa shape index (κ1) is 16.9. The van der Waals surface area contributed by atoms with E-state index in [2.05, 4.69) is 29.0 Å². The highest BCUT2D eigenvalue weighted by Crippen LogP contribution is 2.39. The number of nitrogens with zero attached hydrogens (tertiary/aromatic N) is 2. The summed E-state index contributed by atoms with van der Waals surface area (Å²) in [5, 5.41) is 0. The number of nitrogens with two attached hydrogens (primary N) is 2. The summed E-state index contributed by atoms with van der Waals surface area (Å²) in [5.74, 6) is 0. The van der Waals surface area contributed by atoms with Crippen LogP contribution in [-0.4, -0.2) is 12.2 Å². The molecule has 0 fully saturated rings. The molecule has 0 radical (unpaired) electrons. The summed E-state index contributed by atoms with van der Waals surface area (Å²) in [6.07, 6.45) is 2.67. The Hall–Kier alpha value is -3.20. The number of isocyanates is 2. The molecular formula is C16H16N4O2. The summed E-state index contributed by atoms with van der Waals surface area (Å²) < 4.78 is 0. The quantitative estimate of drug-likeness (QED) is 0.504. The third-order valence-corrected chi connectivity index (χ3v) is 2.83. The van der Waals surface area contributed by atoms with Gasteiger partial charge in [0.1, 0.15) is 11.4 Å². The minimum atomic E-state index is 0.0384. The van der Waals surface area contributed by atoms with Gasteiger partial charge in [-0.2, -0.15) is 9.98 Å². The van der Waals surface area contributed by atoms with Gasteiger partial charge in [-0.1, -0.05) is 35.9 Å². The molecule has 2 rings (SSSR count). The van der Waals surface area contributed by atoms with Crippen molar-refractivity contribution in [1.82, 2.24) is 0 Å². The molecule has 6 nitrogen and oxygen atoms in total. The van der Waals surface area contributed by atoms with E-state index in [-0.39, 0.29) is 17.1 Å². The van der Waals surface area contributed by atoms with E-state index in [1.165, 1.54) is 23.8 Å². The lowest BCUT2D eigenvalue weighted by Crippen LogP contribution is -1.97. The van der Waals surface area contributed by atoms with Crippen molar-refractivity contribution in [3.8, 4) is 0 Å². The van der Waals surface area contributed by atoms with Crippen LogP contribution in [0.1, 0.15) is 11.1 Å². The summed E-state index contributed by atoms with van der Waals surface area (Å²) >= 11 is 0. The number of carbonyl (C=O) groups excluding carboxylic acids is 2. The molecule has 4 N–H and O–H groups in total. The van der Waals surface area contributed by atoms with Crippen LogP contribution in [0.4, 0.5) is 22.7 Å². The highest BCUT2D eigenvalue weighted by atomic mass is 16.1. The maximum Gasteiger partial charge on any atom is 0.240 e. The van der Waals surface area contributed by atoms with Crippen LogP contribution in [0.25, 0.3) is 0 Å². The number of aryl methyl sites for hydroxylation is 2. The molecule has 0 aliphatic rings. The zero-order valence-electron chi connectivity index (χ0n) is 12.3. The number of hydrogen-bond acceptors (Lipinski definition) is 6. The fraction of sp³-hybridized carbons (Fsp3) is 0.125. The van der Waals surface area contributed by atoms with Crippen molar-refractivity contribution in [3.63, 3.8) is 0 Å². The predicted octanol–water partition coefficient (Wildman–Crippen LogP) is 3.09. The van der Waals surface area contributed by atoms with Crippen LogP contribution >= 0.6 is 0 Å². The first-order chi connectivity index (χ1) is 10.5. The maximum absolute atomic E-state index is 10.2. The van der Waals surface area contributed by atoms with Crippen molar-refractivity contribution >= 4 is 34.9 Å². The molecule has 6 heteroatoms. The average Bonchev–Trinajstić information content (AvgIpc) is 2.51. The Morgan fingerprint density at radius 3 is 1.95 bits per heavy atom. The van der Waals surface area contributed by atoms with Crippen LogP contribution in [-0.2, 0) is 9.59 Å². The van der Waals surface area contributed by atoms with Crippen molar-refractivity contribution in [1.29, 1.82) is 0 Å². The zero-order chi connectivity index (χ0) is 16.5. The fourth-order valence-corrected chi connectivity index (χ4v) is 1.66. The van der Waals surface area contributed by atoms with Gasteiger partial charge in [-0.25, -0.2) is 9.59 Å². The Balaban J connectivity index is 0.000000287. The molecule has 0 atom stereocenters. The molecule has 112 valence electrons. The van der Waals surface area contributed by atoms with Gasteiger partial charge in [-0.15, -0.1) is 0 Å². The third kappa shape index (κ3) is 4.42. The maximum atomic E-state index is 10.2. The van der Waals surface area contributed by atoms with E-state index in [1.54, 1.807) is 6.92 Å². The van der Waals surface area contributed by atoms with Crippen LogP contribution in [0.3, 0.4) is 0 Å². The van der Waals surface area contributed by atoms with E-state index in [0.717, 1.165) is 0 Å². The molecule has 0 spiro atoms. The second-order valence-electron chi connectivity index (χ2n) is 4.45. The van der Waals surface area contributed by atoms with Gasteiger partial charge in [0.05, 0.1) is 11.4 Å². The van der Waals surface area contributed by atoms with E-state index in [4.69, 9.17) is 11.5 Å². The van der Waals surface area contributed by atoms with Gasteiger partial charge >= 0.3 is 0 Å². The average molecular weight is 296 g/mol. The Morgan fingerprint density at radius 2 is 1.50 bits per heavy atom. The molecule has 0 bridgehead atoms. The number of hydrogen-bond donors (Lipinski definition) is 2. The van der Waals surface area contributed by atoms with Crippen LogP contribution in [0.5, 0.6) is 0 Å². The predicted molar refractivity (Wildman–Crippen MR) is 86.7 cm³/mol. The Kier molecular flexibility index (Phi) is 6.26. The molecule has 0 saturated carbocycles. The van der Waals surface area contributed by atoms with Crippen LogP contribution in [0.2, 0.25) is 0 Å². The topological polar surface area (TPSA) is 111 Å². The van der Waals surface area contributed by atoms with Crippen molar-refractivity contribution < 1.29 is 9.59 Å². The molecule has 2 aromatic carbocycles. The standard InChI is InChI=1S/C9H8N4O2.C7H8/c1-5-2-6(12-3-14)9(13-4-15)8(11)7(5)10;1-7-5-3-2-4-6-7/h2H,10-11H2,1H3;2-6H,1H3. The number of anilines is 2. The van der Waals surface area contributed by atoms with Crippen LogP contribution in [0.15, 0.2) is 46.4 Å². The van der Waals surface area contributed by atoms with Crippen molar-refractivity contribution in [2.75, 3.05) is 11.5 Å². The molecule has 0 aliphatic carbocycles. The van der Waals surface area contributed by atoms with E-state index in [9.17, 15) is 9.59 Å². The second-order valence-corrected chi connectivity index (χ2v) is 4.45. The lowest BCUT2D eigenvalue weighted by Gasteiger charge is -2.08. The monoisotopic (exact) mass is 296 g/mol. The van der Waals surface area contributed by atoms with Gasteiger partial charge in [0.15, 0.2) is 0 Å². The van der Waals surface area contributed by atoms with Gasteiger partial charge in [0.2, 0.25) is 12.2 Å². The van der Waals surface area contributed by atoms with Crippen molar-refractivity contribution in [3.05, 3.63) is 47.5 Å². The lowest BCUT2D eigenvalue weighted by molar-refractivity contribution is 0.564. The molecule has 0 unspecified atom stereocenters. The summed E-state index contributed by atoms with van der Waals surface area (Å²) in [6, 6.07) is 11.8. The highest BCUT2D eigenvalue weighted by Gasteiger charge is 2.11. The van der Waals surface area contributed by atoms with E-state index in [1.807, 2.05) is 18.2 Å². The van der Waals surface area contributed by atoms with Crippen LogP contribution in [0, 0.1) is 13.8 Å². The fourth-order valence-electron chi connectivity index (χ4n) is 1.66. The molecule has 2 aromatic rings. The zero-order valence-corrected chi connectivity index (χ0v) is 12.3. The number of nitrogen functional groups attached to an aromatic ring is 2. The molecule has 0 aromatic heterocycles. The second kappa shape index (κ2) is 8.17. The summed E-state index contributed by atoms with van der Waals surface area (Å²) in [6.45, 7) is 3.78. The Bertz CT molecular complexity index is 744. The smallest absolute Gasteiger partial charge is 0.240 e. The Labute approximate surface area is 128 Å². The van der Waals surface area contributed by atoms with E-state index < -0.39 is 0 Å². The number of benzene rings is 2. The normalized spacial score (nSPS) is 8.82. The third-order valence-electron chi connectivity index (χ3n) is 2.83.